The highest BCUT2D eigenvalue weighted by atomic mass is 16.4. The second-order valence-electron chi connectivity index (χ2n) is 4.50. The Labute approximate surface area is 112 Å². The number of carboxylic acid groups (broad SMARTS) is 1. The molecule has 0 spiro atoms. The molecule has 0 heterocycles. The van der Waals surface area contributed by atoms with Gasteiger partial charge in [0.1, 0.15) is 0 Å². The Hall–Kier alpha value is -1.89. The molecule has 0 aliphatic rings. The summed E-state index contributed by atoms with van der Waals surface area (Å²) in [6, 6.07) is -0.621. The van der Waals surface area contributed by atoms with Crippen molar-refractivity contribution in [2.45, 2.75) is 13.8 Å². The van der Waals surface area contributed by atoms with E-state index in [1.54, 1.807) is 0 Å². The summed E-state index contributed by atoms with van der Waals surface area (Å²) >= 11 is 0. The van der Waals surface area contributed by atoms with Crippen LogP contribution in [0.5, 0.6) is 0 Å². The molecule has 0 aliphatic heterocycles. The van der Waals surface area contributed by atoms with Gasteiger partial charge < -0.3 is 10.4 Å². The quantitative estimate of drug-likeness (QED) is 0.541. The van der Waals surface area contributed by atoms with E-state index in [1.807, 2.05) is 13.8 Å². The standard InChI is InChI=1S/C12H21N3O4/c1-4-5-13-12(19)14-10(16)7-15(6-9(2)3)8-11(17)18/h4,9H,1,5-8H2,2-3H3,(H,17,18)(H2,13,14,16,19). The SMILES string of the molecule is C=CCNC(=O)NC(=O)CN(CC(=O)O)CC(C)C. The van der Waals surface area contributed by atoms with Crippen LogP contribution in [0.1, 0.15) is 13.8 Å². The molecule has 7 nitrogen and oxygen atoms in total. The predicted molar refractivity (Wildman–Crippen MR) is 70.7 cm³/mol. The molecule has 108 valence electrons. The number of nitrogens with zero attached hydrogens (tertiary/aromatic N) is 1. The summed E-state index contributed by atoms with van der Waals surface area (Å²) in [5.41, 5.74) is 0. The van der Waals surface area contributed by atoms with E-state index in [-0.39, 0.29) is 25.6 Å². The number of urea groups is 1. The number of nitrogens with one attached hydrogen (secondary N) is 2. The molecule has 0 aromatic carbocycles. The molecule has 19 heavy (non-hydrogen) atoms. The fourth-order valence-electron chi connectivity index (χ4n) is 1.47. The first-order valence-corrected chi connectivity index (χ1v) is 5.97. The third kappa shape index (κ3) is 9.78. The highest BCUT2D eigenvalue weighted by molar-refractivity contribution is 5.95. The van der Waals surface area contributed by atoms with Gasteiger partial charge in [0.2, 0.25) is 5.91 Å². The fourth-order valence-corrected chi connectivity index (χ4v) is 1.47. The third-order valence-electron chi connectivity index (χ3n) is 2.01. The molecular formula is C12H21N3O4. The number of carboxylic acids is 1. The van der Waals surface area contributed by atoms with Crippen LogP contribution in [-0.2, 0) is 9.59 Å². The molecule has 0 saturated carbocycles. The minimum Gasteiger partial charge on any atom is -0.480 e. The van der Waals surface area contributed by atoms with Gasteiger partial charge in [0.15, 0.2) is 0 Å². The minimum absolute atomic E-state index is 0.133. The summed E-state index contributed by atoms with van der Waals surface area (Å²) < 4.78 is 0. The molecule has 0 aliphatic carbocycles. The van der Waals surface area contributed by atoms with E-state index >= 15 is 0 Å². The normalized spacial score (nSPS) is 10.3. The molecule has 0 bridgehead atoms. The van der Waals surface area contributed by atoms with Gasteiger partial charge in [-0.05, 0) is 5.92 Å². The Morgan fingerprint density at radius 1 is 1.32 bits per heavy atom. The number of carbonyl (C=O) groups excluding carboxylic acids is 2. The molecule has 0 aromatic heterocycles. The largest absolute Gasteiger partial charge is 0.480 e. The second kappa shape index (κ2) is 9.09. The number of aliphatic carboxylic acids is 1. The van der Waals surface area contributed by atoms with E-state index in [0.717, 1.165) is 0 Å². The molecule has 3 N–H and O–H groups in total. The lowest BCUT2D eigenvalue weighted by molar-refractivity contribution is -0.138. The van der Waals surface area contributed by atoms with Gasteiger partial charge in [0.25, 0.3) is 0 Å². The molecule has 7 heteroatoms. The van der Waals surface area contributed by atoms with Crippen molar-refractivity contribution in [2.75, 3.05) is 26.2 Å². The molecular weight excluding hydrogens is 250 g/mol. The maximum Gasteiger partial charge on any atom is 0.321 e. The molecule has 0 aromatic rings. The van der Waals surface area contributed by atoms with Crippen molar-refractivity contribution in [1.29, 1.82) is 0 Å². The van der Waals surface area contributed by atoms with Gasteiger partial charge in [0, 0.05) is 13.1 Å². The molecule has 0 unspecified atom stereocenters. The second-order valence-corrected chi connectivity index (χ2v) is 4.50. The van der Waals surface area contributed by atoms with E-state index in [0.29, 0.717) is 6.54 Å². The van der Waals surface area contributed by atoms with Crippen molar-refractivity contribution >= 4 is 17.9 Å². The summed E-state index contributed by atoms with van der Waals surface area (Å²) in [5, 5.41) is 13.3. The van der Waals surface area contributed by atoms with Gasteiger partial charge in [-0.15, -0.1) is 6.58 Å². The number of carbonyl (C=O) groups is 3. The van der Waals surface area contributed by atoms with Crippen LogP contribution in [0.4, 0.5) is 4.79 Å². The monoisotopic (exact) mass is 271 g/mol. The van der Waals surface area contributed by atoms with Crippen LogP contribution < -0.4 is 10.6 Å². The van der Waals surface area contributed by atoms with Crippen molar-refractivity contribution in [3.63, 3.8) is 0 Å². The van der Waals surface area contributed by atoms with E-state index in [1.165, 1.54) is 11.0 Å². The topological polar surface area (TPSA) is 98.7 Å². The number of imide groups is 1. The van der Waals surface area contributed by atoms with Crippen LogP contribution >= 0.6 is 0 Å². The van der Waals surface area contributed by atoms with Crippen molar-refractivity contribution < 1.29 is 19.5 Å². The summed E-state index contributed by atoms with van der Waals surface area (Å²) in [6.07, 6.45) is 1.49. The van der Waals surface area contributed by atoms with Gasteiger partial charge in [-0.3, -0.25) is 19.8 Å². The van der Waals surface area contributed by atoms with Crippen LogP contribution in [0, 0.1) is 5.92 Å². The zero-order valence-electron chi connectivity index (χ0n) is 11.3. The predicted octanol–water partition coefficient (Wildman–Crippen LogP) is 0.0408. The minimum atomic E-state index is -1.01. The Bertz CT molecular complexity index is 342. The molecule has 0 fully saturated rings. The number of rotatable bonds is 8. The average Bonchev–Trinajstić information content (AvgIpc) is 2.23. The Balaban J connectivity index is 4.25. The van der Waals surface area contributed by atoms with Crippen molar-refractivity contribution in [3.05, 3.63) is 12.7 Å². The average molecular weight is 271 g/mol. The Morgan fingerprint density at radius 3 is 2.42 bits per heavy atom. The van der Waals surface area contributed by atoms with Gasteiger partial charge in [0.05, 0.1) is 13.1 Å². The lowest BCUT2D eigenvalue weighted by Crippen LogP contribution is -2.46. The number of hydrogen-bond acceptors (Lipinski definition) is 4. The first-order chi connectivity index (χ1) is 8.85. The number of amides is 3. The van der Waals surface area contributed by atoms with Crippen LogP contribution in [0.2, 0.25) is 0 Å². The fraction of sp³-hybridized carbons (Fsp3) is 0.583. The third-order valence-corrected chi connectivity index (χ3v) is 2.01. The van der Waals surface area contributed by atoms with Crippen LogP contribution in [0.3, 0.4) is 0 Å². The van der Waals surface area contributed by atoms with E-state index < -0.39 is 17.9 Å². The molecule has 0 radical (unpaired) electrons. The van der Waals surface area contributed by atoms with Crippen molar-refractivity contribution in [1.82, 2.24) is 15.5 Å². The van der Waals surface area contributed by atoms with Crippen LogP contribution in [-0.4, -0.2) is 54.1 Å². The lowest BCUT2D eigenvalue weighted by atomic mass is 10.2. The van der Waals surface area contributed by atoms with Crippen molar-refractivity contribution in [3.8, 4) is 0 Å². The van der Waals surface area contributed by atoms with Gasteiger partial charge in [-0.1, -0.05) is 19.9 Å². The maximum atomic E-state index is 11.6. The molecule has 0 rings (SSSR count). The first kappa shape index (κ1) is 17.1. The first-order valence-electron chi connectivity index (χ1n) is 5.97. The van der Waals surface area contributed by atoms with Crippen LogP contribution in [0.25, 0.3) is 0 Å². The Kier molecular flexibility index (Phi) is 8.19. The zero-order chi connectivity index (χ0) is 14.8. The van der Waals surface area contributed by atoms with Gasteiger partial charge in [-0.25, -0.2) is 4.79 Å². The van der Waals surface area contributed by atoms with Gasteiger partial charge >= 0.3 is 12.0 Å². The highest BCUT2D eigenvalue weighted by Gasteiger charge is 2.16. The smallest absolute Gasteiger partial charge is 0.321 e. The van der Waals surface area contributed by atoms with E-state index in [9.17, 15) is 14.4 Å². The van der Waals surface area contributed by atoms with E-state index in [4.69, 9.17) is 5.11 Å². The highest BCUT2D eigenvalue weighted by Crippen LogP contribution is 1.98. The Morgan fingerprint density at radius 2 is 1.95 bits per heavy atom. The van der Waals surface area contributed by atoms with Crippen LogP contribution in [0.15, 0.2) is 12.7 Å². The zero-order valence-corrected chi connectivity index (χ0v) is 11.3. The lowest BCUT2D eigenvalue weighted by Gasteiger charge is -2.21. The van der Waals surface area contributed by atoms with Crippen molar-refractivity contribution in [2.24, 2.45) is 5.92 Å². The summed E-state index contributed by atoms with van der Waals surface area (Å²) in [6.45, 7) is 7.62. The molecule has 0 atom stereocenters. The van der Waals surface area contributed by atoms with Gasteiger partial charge in [-0.2, -0.15) is 0 Å². The summed E-state index contributed by atoms with van der Waals surface area (Å²) in [7, 11) is 0. The molecule has 3 amide bonds. The summed E-state index contributed by atoms with van der Waals surface area (Å²) in [4.78, 5) is 34.9. The maximum absolute atomic E-state index is 11.6. The number of hydrogen-bond donors (Lipinski definition) is 3. The molecule has 0 saturated heterocycles. The summed E-state index contributed by atoms with van der Waals surface area (Å²) in [5.74, 6) is -1.32. The van der Waals surface area contributed by atoms with E-state index in [2.05, 4.69) is 17.2 Å².